The Labute approximate surface area is 300 Å². The second kappa shape index (κ2) is 12.0. The zero-order chi connectivity index (χ0) is 34.6. The van der Waals surface area contributed by atoms with Crippen molar-refractivity contribution in [2.75, 3.05) is 0 Å². The molecule has 0 unspecified atom stereocenters. The molecule has 10 aromatic rings. The minimum atomic E-state index is 0.628. The van der Waals surface area contributed by atoms with Crippen molar-refractivity contribution in [1.29, 1.82) is 5.26 Å². The van der Waals surface area contributed by atoms with E-state index in [4.69, 9.17) is 4.98 Å². The zero-order valence-corrected chi connectivity index (χ0v) is 28.1. The quantitative estimate of drug-likeness (QED) is 0.184. The first-order valence-electron chi connectivity index (χ1n) is 17.4. The molecule has 242 valence electrons. The van der Waals surface area contributed by atoms with Crippen LogP contribution in [0, 0.1) is 11.3 Å². The molecule has 3 aromatic heterocycles. The van der Waals surface area contributed by atoms with Gasteiger partial charge in [0.25, 0.3) is 0 Å². The number of rotatable bonds is 5. The topological polar surface area (TPSA) is 46.5 Å². The van der Waals surface area contributed by atoms with Crippen LogP contribution in [-0.2, 0) is 0 Å². The van der Waals surface area contributed by atoms with E-state index in [1.165, 1.54) is 38.1 Å². The number of fused-ring (bicyclic) bond motifs is 7. The van der Waals surface area contributed by atoms with Crippen LogP contribution in [0.1, 0.15) is 5.56 Å². The molecule has 0 amide bonds. The van der Waals surface area contributed by atoms with Gasteiger partial charge in [0.05, 0.1) is 45.1 Å². The van der Waals surface area contributed by atoms with Gasteiger partial charge in [-0.25, -0.2) is 4.98 Å². The maximum absolute atomic E-state index is 9.42. The van der Waals surface area contributed by atoms with Gasteiger partial charge in [0.2, 0.25) is 0 Å². The highest BCUT2D eigenvalue weighted by atomic mass is 15.0. The first kappa shape index (κ1) is 29.7. The number of nitrogens with zero attached hydrogens (tertiary/aromatic N) is 4. The van der Waals surface area contributed by atoms with E-state index in [1.54, 1.807) is 0 Å². The number of pyridine rings is 1. The van der Waals surface area contributed by atoms with Gasteiger partial charge in [-0.2, -0.15) is 5.26 Å². The molecule has 0 saturated carbocycles. The molecule has 0 spiro atoms. The van der Waals surface area contributed by atoms with E-state index in [1.807, 2.05) is 42.5 Å². The highest BCUT2D eigenvalue weighted by Crippen LogP contribution is 2.42. The Morgan fingerprint density at radius 3 is 1.73 bits per heavy atom. The van der Waals surface area contributed by atoms with Crippen LogP contribution in [0.2, 0.25) is 0 Å². The highest BCUT2D eigenvalue weighted by molar-refractivity contribution is 6.26. The summed E-state index contributed by atoms with van der Waals surface area (Å²) in [5.74, 6) is 0. The van der Waals surface area contributed by atoms with Crippen LogP contribution in [0.25, 0.3) is 88.6 Å². The lowest BCUT2D eigenvalue weighted by atomic mass is 9.99. The lowest BCUT2D eigenvalue weighted by Crippen LogP contribution is -1.96. The van der Waals surface area contributed by atoms with E-state index in [0.717, 1.165) is 50.5 Å². The van der Waals surface area contributed by atoms with Crippen molar-refractivity contribution in [2.24, 2.45) is 0 Å². The summed E-state index contributed by atoms with van der Waals surface area (Å²) in [6.07, 6.45) is 0. The molecule has 0 saturated heterocycles. The highest BCUT2D eigenvalue weighted by Gasteiger charge is 2.21. The van der Waals surface area contributed by atoms with E-state index in [0.29, 0.717) is 5.56 Å². The van der Waals surface area contributed by atoms with Crippen molar-refractivity contribution < 1.29 is 0 Å². The van der Waals surface area contributed by atoms with E-state index in [-0.39, 0.29) is 0 Å². The predicted molar refractivity (Wildman–Crippen MR) is 214 cm³/mol. The van der Waals surface area contributed by atoms with Crippen LogP contribution in [0.15, 0.2) is 182 Å². The molecule has 52 heavy (non-hydrogen) atoms. The summed E-state index contributed by atoms with van der Waals surface area (Å²) in [7, 11) is 0. The van der Waals surface area contributed by atoms with Crippen LogP contribution in [-0.4, -0.2) is 14.1 Å². The number of nitriles is 1. The first-order chi connectivity index (χ1) is 25.7. The fourth-order valence-corrected chi connectivity index (χ4v) is 7.77. The average Bonchev–Trinajstić information content (AvgIpc) is 3.74. The Hall–Kier alpha value is -7.22. The lowest BCUT2D eigenvalue weighted by Gasteiger charge is -2.13. The largest absolute Gasteiger partial charge is 0.309 e. The van der Waals surface area contributed by atoms with Crippen molar-refractivity contribution in [1.82, 2.24) is 14.1 Å². The average molecular weight is 663 g/mol. The third-order valence-electron chi connectivity index (χ3n) is 10.1. The van der Waals surface area contributed by atoms with Crippen LogP contribution in [0.4, 0.5) is 0 Å². The van der Waals surface area contributed by atoms with E-state index in [2.05, 4.69) is 155 Å². The molecule has 0 aliphatic heterocycles. The number of para-hydroxylation sites is 3. The van der Waals surface area contributed by atoms with Crippen molar-refractivity contribution >= 4 is 43.6 Å². The van der Waals surface area contributed by atoms with Crippen LogP contribution >= 0.6 is 0 Å². The van der Waals surface area contributed by atoms with Crippen LogP contribution < -0.4 is 0 Å². The Morgan fingerprint density at radius 1 is 0.404 bits per heavy atom. The second-order valence-corrected chi connectivity index (χ2v) is 13.1. The van der Waals surface area contributed by atoms with Gasteiger partial charge in [0.1, 0.15) is 0 Å². The summed E-state index contributed by atoms with van der Waals surface area (Å²) >= 11 is 0. The molecule has 0 aliphatic carbocycles. The first-order valence-corrected chi connectivity index (χ1v) is 17.4. The molecule has 0 bridgehead atoms. The Bertz CT molecular complexity index is 3000. The van der Waals surface area contributed by atoms with Crippen molar-refractivity contribution in [3.8, 4) is 51.1 Å². The number of benzene rings is 7. The van der Waals surface area contributed by atoms with Gasteiger partial charge >= 0.3 is 0 Å². The summed E-state index contributed by atoms with van der Waals surface area (Å²) in [6.45, 7) is 0. The summed E-state index contributed by atoms with van der Waals surface area (Å²) in [5, 5.41) is 14.3. The van der Waals surface area contributed by atoms with Crippen molar-refractivity contribution in [3.63, 3.8) is 0 Å². The van der Waals surface area contributed by atoms with E-state index < -0.39 is 0 Å². The molecule has 0 atom stereocenters. The van der Waals surface area contributed by atoms with Gasteiger partial charge in [-0.3, -0.25) is 0 Å². The fourth-order valence-electron chi connectivity index (χ4n) is 7.77. The summed E-state index contributed by atoms with van der Waals surface area (Å²) in [6, 6.07) is 66.1. The standard InChI is InChI=1S/C48H30N4/c49-31-32-22-24-34(25-23-32)43-30-36(29-42(50-43)33-12-3-1-4-13-33)35-14-11-17-38(28-35)52-44-20-9-7-18-39(44)40-26-27-46-47(48(40)52)41-19-8-10-21-45(41)51(46)37-15-5-2-6-16-37/h1-30H. The van der Waals surface area contributed by atoms with Crippen LogP contribution in [0.3, 0.4) is 0 Å². The third-order valence-corrected chi connectivity index (χ3v) is 10.1. The number of aromatic nitrogens is 3. The summed E-state index contributed by atoms with van der Waals surface area (Å²) in [4.78, 5) is 5.11. The molecule has 4 heteroatoms. The molecular weight excluding hydrogens is 633 g/mol. The van der Waals surface area contributed by atoms with Gasteiger partial charge in [0, 0.05) is 44.0 Å². The summed E-state index contributed by atoms with van der Waals surface area (Å²) < 4.78 is 4.83. The third kappa shape index (κ3) is 4.72. The Morgan fingerprint density at radius 2 is 1.00 bits per heavy atom. The molecule has 0 N–H and O–H groups in total. The van der Waals surface area contributed by atoms with Gasteiger partial charge in [-0.1, -0.05) is 115 Å². The van der Waals surface area contributed by atoms with Crippen LogP contribution in [0.5, 0.6) is 0 Å². The Balaban J connectivity index is 1.24. The Kier molecular flexibility index (Phi) is 6.84. The van der Waals surface area contributed by atoms with Crippen molar-refractivity contribution in [2.45, 2.75) is 0 Å². The predicted octanol–water partition coefficient (Wildman–Crippen LogP) is 12.1. The van der Waals surface area contributed by atoms with Gasteiger partial charge in [-0.05, 0) is 77.9 Å². The van der Waals surface area contributed by atoms with E-state index >= 15 is 0 Å². The molecule has 4 nitrogen and oxygen atoms in total. The molecule has 3 heterocycles. The molecule has 0 fully saturated rings. The minimum absolute atomic E-state index is 0.628. The normalized spacial score (nSPS) is 11.4. The molecule has 7 aromatic carbocycles. The smallest absolute Gasteiger partial charge is 0.0991 e. The van der Waals surface area contributed by atoms with E-state index in [9.17, 15) is 5.26 Å². The number of hydrogen-bond donors (Lipinski definition) is 0. The summed E-state index contributed by atoms with van der Waals surface area (Å²) in [5.41, 5.74) is 13.5. The monoisotopic (exact) mass is 662 g/mol. The maximum atomic E-state index is 9.42. The zero-order valence-electron chi connectivity index (χ0n) is 28.1. The molecular formula is C48H30N4. The van der Waals surface area contributed by atoms with Gasteiger partial charge < -0.3 is 9.13 Å². The van der Waals surface area contributed by atoms with Crippen molar-refractivity contribution in [3.05, 3.63) is 188 Å². The number of hydrogen-bond acceptors (Lipinski definition) is 2. The fraction of sp³-hybridized carbons (Fsp3) is 0. The lowest BCUT2D eigenvalue weighted by molar-refractivity contribution is 1.17. The maximum Gasteiger partial charge on any atom is 0.0991 e. The van der Waals surface area contributed by atoms with Gasteiger partial charge in [-0.15, -0.1) is 0 Å². The second-order valence-electron chi connectivity index (χ2n) is 13.1. The molecule has 0 radical (unpaired) electrons. The van der Waals surface area contributed by atoms with Gasteiger partial charge in [0.15, 0.2) is 0 Å². The SMILES string of the molecule is N#Cc1ccc(-c2cc(-c3cccc(-n4c5ccccc5c5ccc6c(c7ccccc7n6-c6ccccc6)c54)c3)cc(-c3ccccc3)n2)cc1. The molecule has 0 aliphatic rings. The minimum Gasteiger partial charge on any atom is -0.309 e. The molecule has 10 rings (SSSR count).